The predicted octanol–water partition coefficient (Wildman–Crippen LogP) is 4.50. The van der Waals surface area contributed by atoms with Gasteiger partial charge in [0.1, 0.15) is 11.5 Å². The van der Waals surface area contributed by atoms with Gasteiger partial charge in [0.2, 0.25) is 0 Å². The van der Waals surface area contributed by atoms with Gasteiger partial charge in [-0.15, -0.1) is 0 Å². The topological polar surface area (TPSA) is 124 Å². The molecule has 0 atom stereocenters. The van der Waals surface area contributed by atoms with E-state index in [1.165, 1.54) is 6.07 Å². The first kappa shape index (κ1) is 31.1. The van der Waals surface area contributed by atoms with Crippen molar-refractivity contribution < 1.29 is 27.5 Å². The molecule has 0 spiro atoms. The van der Waals surface area contributed by atoms with Gasteiger partial charge in [0.15, 0.2) is 15.6 Å². The van der Waals surface area contributed by atoms with Crippen LogP contribution in [0, 0.1) is 5.92 Å². The molecule has 2 heterocycles. The number of carbonyl (C=O) groups is 3. The van der Waals surface area contributed by atoms with Crippen LogP contribution in [0.2, 0.25) is 0 Å². The van der Waals surface area contributed by atoms with E-state index in [2.05, 4.69) is 5.32 Å². The van der Waals surface area contributed by atoms with Crippen molar-refractivity contribution in [2.75, 3.05) is 19.8 Å². The van der Waals surface area contributed by atoms with Crippen LogP contribution < -0.4 is 5.32 Å². The highest BCUT2D eigenvalue weighted by molar-refractivity contribution is 7.92. The highest BCUT2D eigenvalue weighted by Crippen LogP contribution is 2.32. The fourth-order valence-electron chi connectivity index (χ4n) is 5.95. The molecule has 1 aromatic carbocycles. The fourth-order valence-corrected chi connectivity index (χ4v) is 7.79. The molecule has 1 saturated carbocycles. The number of ketones is 2. The second-order valence-corrected chi connectivity index (χ2v) is 13.4. The molecule has 1 aliphatic carbocycles. The zero-order valence-corrected chi connectivity index (χ0v) is 25.1. The maximum absolute atomic E-state index is 13.3. The Morgan fingerprint density at radius 1 is 1.10 bits per heavy atom. The molecule has 1 aliphatic heterocycles. The van der Waals surface area contributed by atoms with E-state index in [1.54, 1.807) is 29.8 Å². The first-order chi connectivity index (χ1) is 19.7. The first-order valence-corrected chi connectivity index (χ1v) is 16.6. The molecule has 1 fully saturated rings. The van der Waals surface area contributed by atoms with Gasteiger partial charge in [-0.1, -0.05) is 12.1 Å². The van der Waals surface area contributed by atoms with Crippen LogP contribution in [0.4, 0.5) is 0 Å². The number of carbonyl (C=O) groups excluding carboxylic acids is 3. The minimum Gasteiger partial charge on any atom is -0.381 e. The molecular weight excluding hydrogens is 542 g/mol. The highest BCUT2D eigenvalue weighted by Gasteiger charge is 2.33. The number of sulfone groups is 1. The molecular formula is C31H43N3O6S. The maximum atomic E-state index is 13.3. The van der Waals surface area contributed by atoms with E-state index in [0.29, 0.717) is 88.9 Å². The predicted molar refractivity (Wildman–Crippen MR) is 156 cm³/mol. The summed E-state index contributed by atoms with van der Waals surface area (Å²) in [4.78, 5) is 37.8. The summed E-state index contributed by atoms with van der Waals surface area (Å²) in [5.41, 5.74) is 2.91. The molecule has 1 amide bonds. The van der Waals surface area contributed by atoms with Gasteiger partial charge < -0.3 is 10.1 Å². The van der Waals surface area contributed by atoms with E-state index in [-0.39, 0.29) is 28.3 Å². The molecule has 0 radical (unpaired) electrons. The van der Waals surface area contributed by atoms with E-state index in [0.717, 1.165) is 30.5 Å². The monoisotopic (exact) mass is 585 g/mol. The number of Topliss-reactive ketones (excluding diaryl/α,β-unsaturated/α-hetero) is 2. The number of aromatic nitrogens is 2. The van der Waals surface area contributed by atoms with Gasteiger partial charge in [0, 0.05) is 49.8 Å². The number of hydrogen-bond donors (Lipinski definition) is 1. The Hall–Kier alpha value is -2.85. The van der Waals surface area contributed by atoms with Gasteiger partial charge in [0.05, 0.1) is 15.8 Å². The Kier molecular flexibility index (Phi) is 10.9. The summed E-state index contributed by atoms with van der Waals surface area (Å²) in [5.74, 6) is -0.106. The van der Waals surface area contributed by atoms with Gasteiger partial charge in [-0.05, 0) is 90.2 Å². The van der Waals surface area contributed by atoms with Crippen molar-refractivity contribution in [2.24, 2.45) is 5.92 Å². The van der Waals surface area contributed by atoms with Crippen LogP contribution in [-0.2, 0) is 38.8 Å². The van der Waals surface area contributed by atoms with Crippen LogP contribution in [0.5, 0.6) is 0 Å². The van der Waals surface area contributed by atoms with Gasteiger partial charge >= 0.3 is 0 Å². The Labute approximate surface area is 243 Å². The average Bonchev–Trinajstić information content (AvgIpc) is 3.31. The third-order valence-electron chi connectivity index (χ3n) is 8.35. The highest BCUT2D eigenvalue weighted by atomic mass is 32.2. The van der Waals surface area contributed by atoms with E-state index in [4.69, 9.17) is 9.84 Å². The number of amides is 1. The lowest BCUT2D eigenvalue weighted by Gasteiger charge is -2.26. The van der Waals surface area contributed by atoms with Gasteiger partial charge in [-0.25, -0.2) is 8.42 Å². The fraction of sp³-hybridized carbons (Fsp3) is 0.613. The van der Waals surface area contributed by atoms with E-state index in [9.17, 15) is 22.8 Å². The lowest BCUT2D eigenvalue weighted by Crippen LogP contribution is -2.29. The zero-order valence-electron chi connectivity index (χ0n) is 24.3. The number of unbranched alkanes of at least 4 members (excludes halogenated alkanes) is 1. The van der Waals surface area contributed by atoms with Crippen molar-refractivity contribution in [3.63, 3.8) is 0 Å². The van der Waals surface area contributed by atoms with E-state index < -0.39 is 15.1 Å². The first-order valence-electron chi connectivity index (χ1n) is 15.0. The number of ether oxygens (including phenoxy) is 1. The number of benzene rings is 1. The number of fused-ring (bicyclic) bond motifs is 1. The molecule has 41 heavy (non-hydrogen) atoms. The van der Waals surface area contributed by atoms with Crippen LogP contribution >= 0.6 is 0 Å². The molecule has 10 heteroatoms. The van der Waals surface area contributed by atoms with Crippen LogP contribution in [-0.4, -0.2) is 60.7 Å². The molecule has 1 N–H and O–H groups in total. The third kappa shape index (κ3) is 7.71. The van der Waals surface area contributed by atoms with Gasteiger partial charge in [-0.3, -0.25) is 19.1 Å². The second kappa shape index (κ2) is 14.4. The van der Waals surface area contributed by atoms with Crippen molar-refractivity contribution in [2.45, 2.75) is 101 Å². The quantitative estimate of drug-likeness (QED) is 0.322. The summed E-state index contributed by atoms with van der Waals surface area (Å²) >= 11 is 0. The molecule has 1 aromatic heterocycles. The normalized spacial score (nSPS) is 20.5. The SMILES string of the molecule is CCn1nc(CCCCC(=O)c2cccc(S(=O)(=O)C3CCC(C(C)=O)CC3)c2)c2c1C(=O)NCCCOCCC2. The number of nitrogens with one attached hydrogen (secondary N) is 1. The summed E-state index contributed by atoms with van der Waals surface area (Å²) in [6.07, 6.45) is 6.76. The molecule has 2 aromatic rings. The van der Waals surface area contributed by atoms with Crippen molar-refractivity contribution in [3.8, 4) is 0 Å². The third-order valence-corrected chi connectivity index (χ3v) is 10.6. The van der Waals surface area contributed by atoms with Crippen molar-refractivity contribution in [1.29, 1.82) is 0 Å². The second-order valence-electron chi connectivity index (χ2n) is 11.2. The van der Waals surface area contributed by atoms with Crippen molar-refractivity contribution in [1.82, 2.24) is 15.1 Å². The maximum Gasteiger partial charge on any atom is 0.269 e. The number of hydrogen-bond acceptors (Lipinski definition) is 7. The van der Waals surface area contributed by atoms with Gasteiger partial charge in [0.25, 0.3) is 5.91 Å². The molecule has 9 nitrogen and oxygen atoms in total. The molecule has 4 rings (SSSR count). The number of aryl methyl sites for hydroxylation is 2. The van der Waals surface area contributed by atoms with Crippen LogP contribution in [0.25, 0.3) is 0 Å². The standard InChI is InChI=1S/C31H43N3O6S/c1-3-34-30-27(11-7-19-40-20-8-18-32-31(30)37)28(33-34)12-4-5-13-29(36)24-9-6-10-26(21-24)41(38,39)25-16-14-23(15-17-25)22(2)35/h6,9-10,21,23,25H,3-5,7-8,11-20H2,1-2H3,(H,32,37). The van der Waals surface area contributed by atoms with Crippen LogP contribution in [0.1, 0.15) is 104 Å². The molecule has 224 valence electrons. The molecule has 0 saturated heterocycles. The smallest absolute Gasteiger partial charge is 0.269 e. The van der Waals surface area contributed by atoms with E-state index >= 15 is 0 Å². The Bertz CT molecular complexity index is 1340. The molecule has 2 aliphatic rings. The zero-order chi connectivity index (χ0) is 29.4. The summed E-state index contributed by atoms with van der Waals surface area (Å²) in [6, 6.07) is 6.39. The summed E-state index contributed by atoms with van der Waals surface area (Å²) < 4.78 is 34.0. The number of rotatable bonds is 10. The Morgan fingerprint density at radius 2 is 1.85 bits per heavy atom. The van der Waals surface area contributed by atoms with Crippen molar-refractivity contribution in [3.05, 3.63) is 46.8 Å². The minimum atomic E-state index is -3.57. The van der Waals surface area contributed by atoms with Crippen LogP contribution in [0.3, 0.4) is 0 Å². The lowest BCUT2D eigenvalue weighted by atomic mass is 9.86. The van der Waals surface area contributed by atoms with Gasteiger partial charge in [-0.2, -0.15) is 5.10 Å². The van der Waals surface area contributed by atoms with Crippen molar-refractivity contribution >= 4 is 27.3 Å². The average molecular weight is 586 g/mol. The largest absolute Gasteiger partial charge is 0.381 e. The molecule has 0 unspecified atom stereocenters. The summed E-state index contributed by atoms with van der Waals surface area (Å²) in [6.45, 7) is 5.99. The Balaban J connectivity index is 1.36. The lowest BCUT2D eigenvalue weighted by molar-refractivity contribution is -0.121. The number of nitrogens with zero attached hydrogens (tertiary/aromatic N) is 2. The van der Waals surface area contributed by atoms with E-state index in [1.807, 2.05) is 6.92 Å². The summed E-state index contributed by atoms with van der Waals surface area (Å²) in [5, 5.41) is 7.22. The summed E-state index contributed by atoms with van der Waals surface area (Å²) in [7, 11) is -3.57. The van der Waals surface area contributed by atoms with Crippen LogP contribution in [0.15, 0.2) is 29.2 Å². The Morgan fingerprint density at radius 3 is 2.59 bits per heavy atom. The minimum absolute atomic E-state index is 0.0469. The molecule has 0 bridgehead atoms.